The fourth-order valence-electron chi connectivity index (χ4n) is 3.54. The van der Waals surface area contributed by atoms with Crippen LogP contribution < -0.4 is 5.32 Å². The first-order chi connectivity index (χ1) is 14.1. The second kappa shape index (κ2) is 10.8. The number of rotatable bonds is 8. The van der Waals surface area contributed by atoms with Crippen LogP contribution in [0.25, 0.3) is 0 Å². The summed E-state index contributed by atoms with van der Waals surface area (Å²) in [5, 5.41) is 12.2. The number of carbonyl (C=O) groups excluding carboxylic acids is 1. The smallest absolute Gasteiger partial charge is 0.290 e. The van der Waals surface area contributed by atoms with E-state index in [0.717, 1.165) is 15.6 Å². The Kier molecular flexibility index (Phi) is 8.09. The van der Waals surface area contributed by atoms with Gasteiger partial charge in [0.1, 0.15) is 0 Å². The molecule has 154 valence electrons. The number of anilines is 1. The van der Waals surface area contributed by atoms with Crippen LogP contribution in [0.5, 0.6) is 0 Å². The third-order valence-corrected chi connectivity index (χ3v) is 5.64. The normalized spacial score (nSPS) is 21.2. The number of nitrogens with one attached hydrogen (secondary N) is 1. The first-order valence-corrected chi connectivity index (χ1v) is 10.9. The molecule has 0 spiro atoms. The Morgan fingerprint density at radius 1 is 1.17 bits per heavy atom. The zero-order chi connectivity index (χ0) is 20.6. The van der Waals surface area contributed by atoms with E-state index in [4.69, 9.17) is 9.47 Å². The number of hydrogen-bond donors (Lipinski definition) is 2. The topological polar surface area (TPSA) is 67.8 Å². The first kappa shape index (κ1) is 21.8. The van der Waals surface area contributed by atoms with Gasteiger partial charge < -0.3 is 19.9 Å². The molecule has 0 radical (unpaired) electrons. The number of amides is 1. The predicted octanol–water partition coefficient (Wildman–Crippen LogP) is 4.68. The number of para-hydroxylation sites is 1. The number of halogens is 1. The molecule has 5 nitrogen and oxygen atoms in total. The zero-order valence-corrected chi connectivity index (χ0v) is 18.5. The van der Waals surface area contributed by atoms with Crippen LogP contribution in [-0.4, -0.2) is 30.5 Å². The van der Waals surface area contributed by atoms with E-state index in [2.05, 4.69) is 52.2 Å². The Morgan fingerprint density at radius 2 is 1.90 bits per heavy atom. The first-order valence-electron chi connectivity index (χ1n) is 9.85. The third-order valence-electron chi connectivity index (χ3n) is 4.92. The van der Waals surface area contributed by atoms with Crippen LogP contribution in [0.4, 0.5) is 5.69 Å². The van der Waals surface area contributed by atoms with Gasteiger partial charge in [-0.1, -0.05) is 30.3 Å². The van der Waals surface area contributed by atoms with Crippen molar-refractivity contribution in [2.45, 2.75) is 32.0 Å². The molecule has 0 bridgehead atoms. The van der Waals surface area contributed by atoms with Crippen molar-refractivity contribution in [1.29, 1.82) is 0 Å². The highest BCUT2D eigenvalue weighted by molar-refractivity contribution is 14.1. The monoisotopic (exact) mass is 507 g/mol. The van der Waals surface area contributed by atoms with Crippen LogP contribution >= 0.6 is 22.6 Å². The third kappa shape index (κ3) is 5.81. The summed E-state index contributed by atoms with van der Waals surface area (Å²) in [5.74, 6) is -0.0658. The van der Waals surface area contributed by atoms with E-state index in [-0.39, 0.29) is 30.1 Å². The van der Waals surface area contributed by atoms with E-state index in [0.29, 0.717) is 18.7 Å². The summed E-state index contributed by atoms with van der Waals surface area (Å²) in [7, 11) is 0. The molecule has 1 amide bonds. The molecule has 2 N–H and O–H groups in total. The van der Waals surface area contributed by atoms with Crippen LogP contribution in [-0.2, 0) is 14.3 Å². The highest BCUT2D eigenvalue weighted by atomic mass is 127. The molecule has 6 heteroatoms. The minimum absolute atomic E-state index is 0.00966. The molecule has 0 unspecified atom stereocenters. The molecule has 29 heavy (non-hydrogen) atoms. The number of allylic oxidation sites excluding steroid dienone is 1. The summed E-state index contributed by atoms with van der Waals surface area (Å²) in [6, 6.07) is 17.6. The van der Waals surface area contributed by atoms with Crippen LogP contribution in [0.15, 0.2) is 66.4 Å². The SMILES string of the molecule is CCO[C@H]1OC(C(=O)Nc2ccccc2)=C[C@@H](c2ccc(I)cc2)[C@H]1CCCO. The van der Waals surface area contributed by atoms with E-state index in [1.54, 1.807) is 0 Å². The van der Waals surface area contributed by atoms with Crippen molar-refractivity contribution in [3.8, 4) is 0 Å². The lowest BCUT2D eigenvalue weighted by molar-refractivity contribution is -0.165. The van der Waals surface area contributed by atoms with Crippen molar-refractivity contribution in [3.63, 3.8) is 0 Å². The van der Waals surface area contributed by atoms with Gasteiger partial charge in [0.25, 0.3) is 5.91 Å². The Labute approximate surface area is 185 Å². The molecule has 0 saturated carbocycles. The molecule has 0 aliphatic carbocycles. The number of carbonyl (C=O) groups is 1. The number of aliphatic hydroxyl groups is 1. The van der Waals surface area contributed by atoms with Crippen molar-refractivity contribution in [3.05, 3.63) is 75.6 Å². The van der Waals surface area contributed by atoms with Crippen molar-refractivity contribution < 1.29 is 19.4 Å². The molecule has 3 rings (SSSR count). The lowest BCUT2D eigenvalue weighted by Gasteiger charge is -2.37. The zero-order valence-electron chi connectivity index (χ0n) is 16.4. The maximum absolute atomic E-state index is 12.9. The molecule has 1 aliphatic rings. The van der Waals surface area contributed by atoms with Gasteiger partial charge in [-0.2, -0.15) is 0 Å². The van der Waals surface area contributed by atoms with Crippen molar-refractivity contribution in [1.82, 2.24) is 0 Å². The van der Waals surface area contributed by atoms with Gasteiger partial charge in [0.15, 0.2) is 5.76 Å². The number of ether oxygens (including phenoxy) is 2. The molecule has 1 aliphatic heterocycles. The van der Waals surface area contributed by atoms with Gasteiger partial charge in [0.2, 0.25) is 6.29 Å². The van der Waals surface area contributed by atoms with Gasteiger partial charge in [0.05, 0.1) is 0 Å². The molecule has 2 aromatic carbocycles. The van der Waals surface area contributed by atoms with E-state index in [1.807, 2.05) is 43.3 Å². The van der Waals surface area contributed by atoms with Crippen LogP contribution in [0.1, 0.15) is 31.2 Å². The van der Waals surface area contributed by atoms with Gasteiger partial charge in [-0.3, -0.25) is 4.79 Å². The van der Waals surface area contributed by atoms with Crippen LogP contribution in [0.3, 0.4) is 0 Å². The van der Waals surface area contributed by atoms with Crippen LogP contribution in [0, 0.1) is 9.49 Å². The maximum Gasteiger partial charge on any atom is 0.290 e. The van der Waals surface area contributed by atoms with E-state index >= 15 is 0 Å². The van der Waals surface area contributed by atoms with Gasteiger partial charge in [-0.05, 0) is 78.3 Å². The Bertz CT molecular complexity index is 823. The molecule has 0 fully saturated rings. The standard InChI is InChI=1S/C23H26INO4/c1-2-28-23-19(9-6-14-26)20(16-10-12-17(24)13-11-16)15-21(29-23)22(27)25-18-7-4-3-5-8-18/h3-5,7-8,10-13,15,19-20,23,26H,2,6,9,14H2,1H3,(H,25,27)/t19-,20+,23+/m1/s1. The lowest BCUT2D eigenvalue weighted by Crippen LogP contribution is -2.37. The van der Waals surface area contributed by atoms with Gasteiger partial charge in [-0.15, -0.1) is 0 Å². The second-order valence-corrected chi connectivity index (χ2v) is 8.15. The summed E-state index contributed by atoms with van der Waals surface area (Å²) < 4.78 is 13.0. The van der Waals surface area contributed by atoms with Crippen LogP contribution in [0.2, 0.25) is 0 Å². The minimum Gasteiger partial charge on any atom is -0.459 e. The van der Waals surface area contributed by atoms with E-state index < -0.39 is 6.29 Å². The molecule has 1 heterocycles. The van der Waals surface area contributed by atoms with Gasteiger partial charge in [0, 0.05) is 34.3 Å². The summed E-state index contributed by atoms with van der Waals surface area (Å²) in [6.07, 6.45) is 2.73. The molecular formula is C23H26INO4. The average Bonchev–Trinajstić information content (AvgIpc) is 2.74. The number of benzene rings is 2. The van der Waals surface area contributed by atoms with Gasteiger partial charge in [-0.25, -0.2) is 0 Å². The average molecular weight is 507 g/mol. The predicted molar refractivity (Wildman–Crippen MR) is 121 cm³/mol. The molecule has 0 saturated heterocycles. The molecule has 3 atom stereocenters. The highest BCUT2D eigenvalue weighted by Gasteiger charge is 2.37. The van der Waals surface area contributed by atoms with Crippen molar-refractivity contribution in [2.24, 2.45) is 5.92 Å². The highest BCUT2D eigenvalue weighted by Crippen LogP contribution is 2.39. The Balaban J connectivity index is 1.92. The molecule has 0 aromatic heterocycles. The van der Waals surface area contributed by atoms with Gasteiger partial charge >= 0.3 is 0 Å². The number of aliphatic hydroxyl groups excluding tert-OH is 1. The quantitative estimate of drug-likeness (QED) is 0.510. The summed E-state index contributed by atoms with van der Waals surface area (Å²) in [4.78, 5) is 12.9. The largest absolute Gasteiger partial charge is 0.459 e. The number of hydrogen-bond acceptors (Lipinski definition) is 4. The second-order valence-electron chi connectivity index (χ2n) is 6.90. The Hall–Kier alpha value is -1.90. The fourth-order valence-corrected chi connectivity index (χ4v) is 3.90. The summed E-state index contributed by atoms with van der Waals surface area (Å²) in [5.41, 5.74) is 1.81. The van der Waals surface area contributed by atoms with Crippen molar-refractivity contribution in [2.75, 3.05) is 18.5 Å². The fraction of sp³-hybridized carbons (Fsp3) is 0.348. The van der Waals surface area contributed by atoms with Crippen molar-refractivity contribution >= 4 is 34.2 Å². The Morgan fingerprint density at radius 3 is 2.55 bits per heavy atom. The lowest BCUT2D eigenvalue weighted by atomic mass is 9.80. The van der Waals surface area contributed by atoms with E-state index in [9.17, 15) is 9.90 Å². The van der Waals surface area contributed by atoms with E-state index in [1.165, 1.54) is 0 Å². The maximum atomic E-state index is 12.9. The summed E-state index contributed by atoms with van der Waals surface area (Å²) >= 11 is 2.28. The molecular weight excluding hydrogens is 481 g/mol. The summed E-state index contributed by atoms with van der Waals surface area (Å²) in [6.45, 7) is 2.50. The molecule has 2 aromatic rings. The minimum atomic E-state index is -0.544.